The second kappa shape index (κ2) is 5.89. The Hall–Kier alpha value is -0.460. The molecule has 106 valence electrons. The Morgan fingerprint density at radius 2 is 1.89 bits per heavy atom. The fourth-order valence-corrected chi connectivity index (χ4v) is 4.34. The Kier molecular flexibility index (Phi) is 4.63. The van der Waals surface area contributed by atoms with Crippen molar-refractivity contribution in [3.8, 4) is 0 Å². The van der Waals surface area contributed by atoms with Crippen LogP contribution in [0.15, 0.2) is 27.6 Å². The van der Waals surface area contributed by atoms with Crippen molar-refractivity contribution in [2.75, 3.05) is 5.75 Å². The molecule has 1 aliphatic carbocycles. The number of benzene rings is 1. The molecule has 0 heterocycles. The summed E-state index contributed by atoms with van der Waals surface area (Å²) < 4.78 is 38.1. The molecule has 0 aromatic heterocycles. The van der Waals surface area contributed by atoms with E-state index in [1.807, 2.05) is 0 Å². The predicted molar refractivity (Wildman–Crippen MR) is 74.1 cm³/mol. The molecule has 0 bridgehead atoms. The number of halogens is 2. The van der Waals surface area contributed by atoms with Gasteiger partial charge < -0.3 is 5.11 Å². The van der Waals surface area contributed by atoms with Gasteiger partial charge in [-0.2, -0.15) is 0 Å². The number of aliphatic hydroxyl groups excluding tert-OH is 1. The summed E-state index contributed by atoms with van der Waals surface area (Å²) in [5, 5.41) is 9.40. The fourth-order valence-electron chi connectivity index (χ4n) is 2.39. The number of rotatable bonds is 3. The minimum atomic E-state index is -3.46. The second-order valence-electron chi connectivity index (χ2n) is 5.03. The van der Waals surface area contributed by atoms with Crippen LogP contribution in [0.1, 0.15) is 25.7 Å². The molecule has 1 aliphatic rings. The summed E-state index contributed by atoms with van der Waals surface area (Å²) in [7, 11) is -3.46. The molecule has 0 saturated heterocycles. The molecule has 0 radical (unpaired) electrons. The first kappa shape index (κ1) is 14.9. The summed E-state index contributed by atoms with van der Waals surface area (Å²) in [6, 6.07) is 3.88. The molecule has 1 saturated carbocycles. The molecule has 2 rings (SSSR count). The van der Waals surface area contributed by atoms with Crippen LogP contribution in [0.5, 0.6) is 0 Å². The van der Waals surface area contributed by atoms with E-state index >= 15 is 0 Å². The van der Waals surface area contributed by atoms with Gasteiger partial charge in [-0.3, -0.25) is 0 Å². The Morgan fingerprint density at radius 3 is 2.47 bits per heavy atom. The number of sulfone groups is 1. The van der Waals surface area contributed by atoms with Gasteiger partial charge in [0.1, 0.15) is 5.82 Å². The lowest BCUT2D eigenvalue weighted by molar-refractivity contribution is 0.113. The van der Waals surface area contributed by atoms with Crippen LogP contribution in [-0.2, 0) is 9.84 Å². The maximum Gasteiger partial charge on any atom is 0.178 e. The predicted octanol–water partition coefficient (Wildman–Crippen LogP) is 2.91. The van der Waals surface area contributed by atoms with Gasteiger partial charge in [-0.1, -0.05) is 0 Å². The third-order valence-electron chi connectivity index (χ3n) is 3.52. The average molecular weight is 351 g/mol. The van der Waals surface area contributed by atoms with Crippen molar-refractivity contribution in [1.82, 2.24) is 0 Å². The third-order valence-corrected chi connectivity index (χ3v) is 6.05. The van der Waals surface area contributed by atoms with Crippen molar-refractivity contribution in [1.29, 1.82) is 0 Å². The Bertz CT molecular complexity index is 551. The van der Waals surface area contributed by atoms with Crippen LogP contribution in [0, 0.1) is 11.7 Å². The monoisotopic (exact) mass is 350 g/mol. The van der Waals surface area contributed by atoms with E-state index in [1.54, 1.807) is 0 Å². The first-order chi connectivity index (χ1) is 8.88. The van der Waals surface area contributed by atoms with Crippen LogP contribution in [0.3, 0.4) is 0 Å². The van der Waals surface area contributed by atoms with E-state index in [-0.39, 0.29) is 27.1 Å². The zero-order valence-electron chi connectivity index (χ0n) is 10.4. The van der Waals surface area contributed by atoms with Gasteiger partial charge in [0.15, 0.2) is 9.84 Å². The second-order valence-corrected chi connectivity index (χ2v) is 7.92. The summed E-state index contributed by atoms with van der Waals surface area (Å²) in [6.45, 7) is 0. The first-order valence-corrected chi connectivity index (χ1v) is 8.69. The molecule has 1 aromatic rings. The van der Waals surface area contributed by atoms with E-state index in [4.69, 9.17) is 0 Å². The molecular formula is C13H16BrFO3S. The largest absolute Gasteiger partial charge is 0.393 e. The van der Waals surface area contributed by atoms with E-state index < -0.39 is 15.7 Å². The van der Waals surface area contributed by atoms with Gasteiger partial charge >= 0.3 is 0 Å². The van der Waals surface area contributed by atoms with Crippen molar-refractivity contribution in [2.24, 2.45) is 5.92 Å². The summed E-state index contributed by atoms with van der Waals surface area (Å²) >= 11 is 3.00. The normalized spacial score (nSPS) is 24.4. The van der Waals surface area contributed by atoms with E-state index in [1.165, 1.54) is 12.1 Å². The molecule has 0 spiro atoms. The first-order valence-electron chi connectivity index (χ1n) is 6.24. The summed E-state index contributed by atoms with van der Waals surface area (Å²) in [5.41, 5.74) is 0. The van der Waals surface area contributed by atoms with E-state index in [2.05, 4.69) is 15.9 Å². The van der Waals surface area contributed by atoms with Crippen LogP contribution in [-0.4, -0.2) is 25.4 Å². The van der Waals surface area contributed by atoms with E-state index in [9.17, 15) is 17.9 Å². The third kappa shape index (κ3) is 3.77. The molecular weight excluding hydrogens is 335 g/mol. The topological polar surface area (TPSA) is 54.4 Å². The van der Waals surface area contributed by atoms with E-state index in [0.717, 1.165) is 6.07 Å². The number of hydrogen-bond acceptors (Lipinski definition) is 3. The van der Waals surface area contributed by atoms with Crippen molar-refractivity contribution >= 4 is 25.8 Å². The summed E-state index contributed by atoms with van der Waals surface area (Å²) in [4.78, 5) is 0.0271. The highest BCUT2D eigenvalue weighted by atomic mass is 79.9. The van der Waals surface area contributed by atoms with Crippen molar-refractivity contribution < 1.29 is 17.9 Å². The number of hydrogen-bond donors (Lipinski definition) is 1. The molecule has 19 heavy (non-hydrogen) atoms. The lowest BCUT2D eigenvalue weighted by atomic mass is 9.89. The van der Waals surface area contributed by atoms with Crippen molar-refractivity contribution in [3.05, 3.63) is 28.5 Å². The van der Waals surface area contributed by atoms with Crippen LogP contribution in [0.4, 0.5) is 4.39 Å². The lowest BCUT2D eigenvalue weighted by Gasteiger charge is -2.25. The van der Waals surface area contributed by atoms with E-state index in [0.29, 0.717) is 25.7 Å². The Morgan fingerprint density at radius 1 is 1.26 bits per heavy atom. The SMILES string of the molecule is O=S(=O)(CC1CCC(O)CC1)c1ccc(Br)c(F)c1. The molecule has 0 amide bonds. The van der Waals surface area contributed by atoms with Gasteiger partial charge in [0.05, 0.1) is 21.2 Å². The van der Waals surface area contributed by atoms with Gasteiger partial charge in [0.2, 0.25) is 0 Å². The molecule has 1 N–H and O–H groups in total. The van der Waals surface area contributed by atoms with Crippen LogP contribution >= 0.6 is 15.9 Å². The Labute approximate surface area is 120 Å². The van der Waals surface area contributed by atoms with Gasteiger partial charge in [0, 0.05) is 0 Å². The van der Waals surface area contributed by atoms with Crippen LogP contribution < -0.4 is 0 Å². The number of aliphatic hydroxyl groups is 1. The summed E-state index contributed by atoms with van der Waals surface area (Å²) in [5.74, 6) is -0.485. The molecule has 0 aliphatic heterocycles. The zero-order chi connectivity index (χ0) is 14.0. The van der Waals surface area contributed by atoms with Gasteiger partial charge in [0.25, 0.3) is 0 Å². The smallest absolute Gasteiger partial charge is 0.178 e. The van der Waals surface area contributed by atoms with Gasteiger partial charge in [-0.25, -0.2) is 12.8 Å². The quantitative estimate of drug-likeness (QED) is 0.911. The molecule has 0 atom stereocenters. The molecule has 1 fully saturated rings. The zero-order valence-corrected chi connectivity index (χ0v) is 12.8. The molecule has 3 nitrogen and oxygen atoms in total. The summed E-state index contributed by atoms with van der Waals surface area (Å²) in [6.07, 6.45) is 2.41. The highest BCUT2D eigenvalue weighted by Gasteiger charge is 2.26. The minimum absolute atomic E-state index is 0.0271. The average Bonchev–Trinajstić information content (AvgIpc) is 2.35. The van der Waals surface area contributed by atoms with Crippen molar-refractivity contribution in [3.63, 3.8) is 0 Å². The fraction of sp³-hybridized carbons (Fsp3) is 0.538. The Balaban J connectivity index is 2.11. The molecule has 1 aromatic carbocycles. The maximum absolute atomic E-state index is 13.4. The van der Waals surface area contributed by atoms with Crippen LogP contribution in [0.2, 0.25) is 0 Å². The molecule has 0 unspecified atom stereocenters. The van der Waals surface area contributed by atoms with Crippen LogP contribution in [0.25, 0.3) is 0 Å². The maximum atomic E-state index is 13.4. The standard InChI is InChI=1S/C13H16BrFO3S/c14-12-6-5-11(7-13(12)15)19(17,18)8-9-1-3-10(16)4-2-9/h5-7,9-10,16H,1-4,8H2. The van der Waals surface area contributed by atoms with Crippen molar-refractivity contribution in [2.45, 2.75) is 36.7 Å². The van der Waals surface area contributed by atoms with Gasteiger partial charge in [-0.15, -0.1) is 0 Å². The lowest BCUT2D eigenvalue weighted by Crippen LogP contribution is -2.24. The minimum Gasteiger partial charge on any atom is -0.393 e. The molecule has 6 heteroatoms. The van der Waals surface area contributed by atoms with Gasteiger partial charge in [-0.05, 0) is 65.7 Å². The highest BCUT2D eigenvalue weighted by Crippen LogP contribution is 2.28. The highest BCUT2D eigenvalue weighted by molar-refractivity contribution is 9.10.